The molecule has 4 atom stereocenters. The van der Waals surface area contributed by atoms with Crippen molar-refractivity contribution in [2.45, 2.75) is 101 Å². The lowest BCUT2D eigenvalue weighted by atomic mass is 9.89. The second-order valence-electron chi connectivity index (χ2n) is 17.8. The standard InChI is InChI=1S/2C19H33N3O6S/c2*1-14-11-15(2)13-21(12-14)17(23)16-3-7-22(8-4-16)29(26,27)19(18(24)20-25)5-9-28-10-6-19/h2*14-16,25H,3-13H2,1-2H3,(H,20,24)/t14-,15+;14-,15-/m.0/s1. The number of carbonyl (C=O) groups is 4. The summed E-state index contributed by atoms with van der Waals surface area (Å²) in [6.07, 6.45) is 4.06. The van der Waals surface area contributed by atoms with Gasteiger partial charge in [-0.25, -0.2) is 36.4 Å². The van der Waals surface area contributed by atoms with Crippen LogP contribution in [0.3, 0.4) is 0 Å². The van der Waals surface area contributed by atoms with Crippen molar-refractivity contribution in [3.63, 3.8) is 0 Å². The average molecular weight is 863 g/mol. The highest BCUT2D eigenvalue weighted by Crippen LogP contribution is 2.37. The molecule has 0 aromatic carbocycles. The highest BCUT2D eigenvalue weighted by atomic mass is 32.2. The van der Waals surface area contributed by atoms with Gasteiger partial charge in [-0.05, 0) is 62.2 Å². The fourth-order valence-electron chi connectivity index (χ4n) is 10.2. The molecule has 20 heteroatoms. The molecule has 332 valence electrons. The summed E-state index contributed by atoms with van der Waals surface area (Å²) in [5.41, 5.74) is 3.08. The molecule has 4 amide bonds. The summed E-state index contributed by atoms with van der Waals surface area (Å²) < 4.78 is 63.0. The van der Waals surface area contributed by atoms with Gasteiger partial charge in [0.2, 0.25) is 31.9 Å². The van der Waals surface area contributed by atoms with E-state index in [4.69, 9.17) is 19.9 Å². The van der Waals surface area contributed by atoms with Gasteiger partial charge in [-0.1, -0.05) is 27.7 Å². The van der Waals surface area contributed by atoms with Crippen LogP contribution in [0.5, 0.6) is 0 Å². The first kappa shape index (κ1) is 46.6. The van der Waals surface area contributed by atoms with E-state index in [-0.39, 0.29) is 102 Å². The van der Waals surface area contributed by atoms with Gasteiger partial charge in [0.1, 0.15) is 0 Å². The molecule has 6 aliphatic rings. The summed E-state index contributed by atoms with van der Waals surface area (Å²) >= 11 is 0. The van der Waals surface area contributed by atoms with Crippen LogP contribution in [-0.4, -0.2) is 158 Å². The minimum Gasteiger partial charge on any atom is -0.381 e. The summed E-state index contributed by atoms with van der Waals surface area (Å²) in [5.74, 6) is -0.0223. The van der Waals surface area contributed by atoms with Gasteiger partial charge in [0.25, 0.3) is 11.8 Å². The fraction of sp³-hybridized carbons (Fsp3) is 0.895. The number of rotatable bonds is 8. The lowest BCUT2D eigenvalue weighted by Gasteiger charge is -2.42. The molecule has 0 aromatic rings. The molecule has 0 unspecified atom stereocenters. The Kier molecular flexibility index (Phi) is 15.7. The molecule has 0 bridgehead atoms. The van der Waals surface area contributed by atoms with Gasteiger partial charge < -0.3 is 19.3 Å². The Morgan fingerprint density at radius 3 is 1.07 bits per heavy atom. The molecule has 0 aliphatic carbocycles. The summed E-state index contributed by atoms with van der Waals surface area (Å²) in [4.78, 5) is 54.5. The van der Waals surface area contributed by atoms with Crippen molar-refractivity contribution < 1.29 is 55.9 Å². The zero-order valence-corrected chi connectivity index (χ0v) is 36.2. The van der Waals surface area contributed by atoms with Crippen LogP contribution in [0.1, 0.15) is 91.9 Å². The zero-order valence-electron chi connectivity index (χ0n) is 34.6. The minimum absolute atomic E-state index is 0.00411. The number of amides is 4. The Morgan fingerprint density at radius 1 is 0.534 bits per heavy atom. The predicted molar refractivity (Wildman–Crippen MR) is 211 cm³/mol. The van der Waals surface area contributed by atoms with Crippen molar-refractivity contribution >= 4 is 43.7 Å². The van der Waals surface area contributed by atoms with Crippen LogP contribution in [0, 0.1) is 35.5 Å². The van der Waals surface area contributed by atoms with Crippen LogP contribution in [0.15, 0.2) is 0 Å². The van der Waals surface area contributed by atoms with Crippen LogP contribution >= 0.6 is 0 Å². The fourth-order valence-corrected chi connectivity index (χ4v) is 14.5. The summed E-state index contributed by atoms with van der Waals surface area (Å²) in [7, 11) is -7.99. The topological polar surface area (TPSA) is 232 Å². The van der Waals surface area contributed by atoms with E-state index in [0.29, 0.717) is 49.4 Å². The van der Waals surface area contributed by atoms with E-state index in [2.05, 4.69) is 27.7 Å². The number of ether oxygens (including phenoxy) is 2. The Bertz CT molecular complexity index is 1530. The van der Waals surface area contributed by atoms with E-state index in [1.165, 1.54) is 19.6 Å². The van der Waals surface area contributed by atoms with E-state index in [1.807, 2.05) is 9.80 Å². The maximum Gasteiger partial charge on any atom is 0.266 e. The lowest BCUT2D eigenvalue weighted by molar-refractivity contribution is -0.140. The Labute approximate surface area is 343 Å². The molecule has 0 radical (unpaired) electrons. The van der Waals surface area contributed by atoms with Crippen LogP contribution in [0.25, 0.3) is 0 Å². The molecule has 6 saturated heterocycles. The highest BCUT2D eigenvalue weighted by molar-refractivity contribution is 7.91. The predicted octanol–water partition coefficient (Wildman–Crippen LogP) is 1.17. The van der Waals surface area contributed by atoms with Crippen molar-refractivity contribution in [1.82, 2.24) is 29.4 Å². The van der Waals surface area contributed by atoms with E-state index in [0.717, 1.165) is 39.0 Å². The quantitative estimate of drug-likeness (QED) is 0.199. The number of hydrogen-bond acceptors (Lipinski definition) is 12. The zero-order chi connectivity index (χ0) is 42.5. The first-order valence-electron chi connectivity index (χ1n) is 21.0. The van der Waals surface area contributed by atoms with E-state index < -0.39 is 41.4 Å². The largest absolute Gasteiger partial charge is 0.381 e. The molecule has 4 N–H and O–H groups in total. The van der Waals surface area contributed by atoms with E-state index >= 15 is 0 Å². The van der Waals surface area contributed by atoms with Crippen LogP contribution in [0.4, 0.5) is 0 Å². The smallest absolute Gasteiger partial charge is 0.266 e. The molecule has 6 aliphatic heterocycles. The number of hydrogen-bond donors (Lipinski definition) is 4. The molecule has 0 aromatic heterocycles. The molecule has 0 spiro atoms. The number of piperidine rings is 4. The summed E-state index contributed by atoms with van der Waals surface area (Å²) in [6, 6.07) is 0. The van der Waals surface area contributed by atoms with Gasteiger partial charge in [0.05, 0.1) is 0 Å². The Morgan fingerprint density at radius 2 is 0.810 bits per heavy atom. The monoisotopic (exact) mass is 862 g/mol. The number of carbonyl (C=O) groups excluding carboxylic acids is 4. The van der Waals surface area contributed by atoms with Crippen LogP contribution < -0.4 is 11.0 Å². The SMILES string of the molecule is C[C@@H]1C[C@H](C)CN(C(=O)C2CCN(S(=O)(=O)C3(C(=O)NO)CCOCC3)CC2)C1.C[C@H]1C[C@H](C)CN(C(=O)C2CCN(S(=O)(=O)C3(C(=O)NO)CCOCC3)CC2)C1. The molecule has 0 saturated carbocycles. The van der Waals surface area contributed by atoms with Gasteiger partial charge in [-0.15, -0.1) is 0 Å². The first-order valence-corrected chi connectivity index (χ1v) is 23.9. The third kappa shape index (κ3) is 9.68. The summed E-state index contributed by atoms with van der Waals surface area (Å²) in [5, 5.41) is 18.3. The number of likely N-dealkylation sites (tertiary alicyclic amines) is 2. The van der Waals surface area contributed by atoms with Crippen molar-refractivity contribution in [3.8, 4) is 0 Å². The maximum atomic E-state index is 13.3. The number of nitrogens with zero attached hydrogens (tertiary/aromatic N) is 4. The second kappa shape index (κ2) is 19.5. The van der Waals surface area contributed by atoms with Crippen molar-refractivity contribution in [1.29, 1.82) is 0 Å². The van der Waals surface area contributed by atoms with Gasteiger partial charge in [-0.3, -0.25) is 29.6 Å². The Balaban J connectivity index is 0.000000221. The molecule has 6 fully saturated rings. The van der Waals surface area contributed by atoms with Crippen LogP contribution in [-0.2, 0) is 48.7 Å². The molecule has 18 nitrogen and oxygen atoms in total. The minimum atomic E-state index is -3.99. The molecule has 6 heterocycles. The van der Waals surface area contributed by atoms with Gasteiger partial charge in [-0.2, -0.15) is 0 Å². The van der Waals surface area contributed by atoms with Gasteiger partial charge >= 0.3 is 0 Å². The number of nitrogens with one attached hydrogen (secondary N) is 2. The number of hydroxylamine groups is 2. The third-order valence-electron chi connectivity index (χ3n) is 13.3. The van der Waals surface area contributed by atoms with Crippen molar-refractivity contribution in [2.24, 2.45) is 35.5 Å². The first-order chi connectivity index (χ1) is 27.4. The molecular formula is C38H66N6O12S2. The number of sulfonamides is 2. The third-order valence-corrected chi connectivity index (χ3v) is 18.5. The molecule has 6 rings (SSSR count). The summed E-state index contributed by atoms with van der Waals surface area (Å²) in [6.45, 7) is 13.1. The average Bonchev–Trinajstić information content (AvgIpc) is 3.22. The van der Waals surface area contributed by atoms with Crippen molar-refractivity contribution in [3.05, 3.63) is 0 Å². The maximum absolute atomic E-state index is 13.3. The van der Waals surface area contributed by atoms with E-state index in [1.54, 1.807) is 0 Å². The Hall–Kier alpha value is -2.46. The second-order valence-corrected chi connectivity index (χ2v) is 22.3. The normalized spacial score (nSPS) is 29.4. The highest BCUT2D eigenvalue weighted by Gasteiger charge is 2.56. The van der Waals surface area contributed by atoms with Gasteiger partial charge in [0.15, 0.2) is 9.49 Å². The van der Waals surface area contributed by atoms with Crippen LogP contribution in [0.2, 0.25) is 0 Å². The molecule has 58 heavy (non-hydrogen) atoms. The molecular weight excluding hydrogens is 797 g/mol. The van der Waals surface area contributed by atoms with E-state index in [9.17, 15) is 36.0 Å². The van der Waals surface area contributed by atoms with Gasteiger partial charge in [0, 0.05) is 116 Å². The van der Waals surface area contributed by atoms with Crippen molar-refractivity contribution in [2.75, 3.05) is 78.8 Å². The lowest BCUT2D eigenvalue weighted by Crippen LogP contribution is -2.60.